The van der Waals surface area contributed by atoms with E-state index in [-0.39, 0.29) is 41.5 Å². The number of nitrogens with zero attached hydrogens (tertiary/aromatic N) is 7. The fourth-order valence-electron chi connectivity index (χ4n) is 12.6. The Balaban J connectivity index is 0.000000137. The summed E-state index contributed by atoms with van der Waals surface area (Å²) in [5, 5.41) is 21.1. The minimum absolute atomic E-state index is 0.117. The topological polar surface area (TPSA) is 145 Å². The maximum atomic E-state index is 13.4. The molecule has 88 heavy (non-hydrogen) atoms. The summed E-state index contributed by atoms with van der Waals surface area (Å²) in [4.78, 5) is 44.3. The lowest BCUT2D eigenvalue weighted by Gasteiger charge is -2.33. The van der Waals surface area contributed by atoms with Crippen molar-refractivity contribution in [2.24, 2.45) is 0 Å². The van der Waals surface area contributed by atoms with Gasteiger partial charge in [-0.15, -0.1) is 0 Å². The number of benzene rings is 6. The van der Waals surface area contributed by atoms with Gasteiger partial charge in [-0.3, -0.25) is 29.3 Å². The standard InChI is InChI=1S/C24H24F3N3O2.2C21H20F3N3O/c1-15-6-7-21-19(12-15)22(28-30(21)17-13-32-14-17)23(31)29-10-8-16(9-11-29)18-4-2-3-5-20(18)24(25,26)27;1-13-6-7-18-16(12-13)19(26-25-18)20(28)27-10-8-14(9-11-27)15-4-2-3-5-17(15)21(22,23)24;1-13-6-7-16-18(12-13)25-26-19(16)20(28)27-10-8-14(9-11-27)15-4-2-3-5-17(15)21(22,23)24/h2-7,12,16-17H,8-11,13-14H2,1H3;2*2-7,12,14H,8-11H2,1H3,(H,25,26). The molecule has 0 atom stereocenters. The Labute approximate surface area is 500 Å². The third-order valence-electron chi connectivity index (χ3n) is 17.3. The van der Waals surface area contributed by atoms with Gasteiger partial charge in [-0.2, -0.15) is 54.8 Å². The number of H-pyrrole nitrogens is 2. The Morgan fingerprint density at radius 2 is 0.818 bits per heavy atom. The number of aryl methyl sites for hydroxylation is 3. The molecule has 0 unspecified atom stereocenters. The number of hydrogen-bond donors (Lipinski definition) is 2. The van der Waals surface area contributed by atoms with Crippen LogP contribution in [0.4, 0.5) is 39.5 Å². The number of alkyl halides is 9. The molecule has 7 heterocycles. The molecule has 0 saturated carbocycles. The van der Waals surface area contributed by atoms with Crippen LogP contribution in [-0.4, -0.2) is 115 Å². The van der Waals surface area contributed by atoms with E-state index in [1.54, 1.807) is 51.1 Å². The van der Waals surface area contributed by atoms with Crippen LogP contribution in [0.3, 0.4) is 0 Å². The van der Waals surface area contributed by atoms with Gasteiger partial charge in [0.05, 0.1) is 52.5 Å². The molecule has 0 bridgehead atoms. The first kappa shape index (κ1) is 61.1. The molecule has 4 fully saturated rings. The quantitative estimate of drug-likeness (QED) is 0.151. The molecule has 13 nitrogen and oxygen atoms in total. The second-order valence-electron chi connectivity index (χ2n) is 23.2. The van der Waals surface area contributed by atoms with E-state index < -0.39 is 35.2 Å². The molecule has 460 valence electrons. The summed E-state index contributed by atoms with van der Waals surface area (Å²) in [6.45, 7) is 9.49. The molecule has 4 aliphatic heterocycles. The largest absolute Gasteiger partial charge is 0.416 e. The number of fused-ring (bicyclic) bond motifs is 3. The first-order valence-electron chi connectivity index (χ1n) is 29.3. The molecule has 13 rings (SSSR count). The number of halogens is 9. The smallest absolute Gasteiger partial charge is 0.377 e. The maximum Gasteiger partial charge on any atom is 0.416 e. The first-order valence-corrected chi connectivity index (χ1v) is 29.3. The van der Waals surface area contributed by atoms with Crippen LogP contribution in [0.25, 0.3) is 32.7 Å². The summed E-state index contributed by atoms with van der Waals surface area (Å²) in [6.07, 6.45) is -10.1. The average Bonchev–Trinajstić information content (AvgIpc) is 2.35. The highest BCUT2D eigenvalue weighted by Crippen LogP contribution is 2.42. The number of amides is 3. The van der Waals surface area contributed by atoms with Crippen LogP contribution >= 0.6 is 0 Å². The van der Waals surface area contributed by atoms with Crippen molar-refractivity contribution >= 4 is 50.4 Å². The second-order valence-corrected chi connectivity index (χ2v) is 23.2. The molecule has 22 heteroatoms. The Kier molecular flexibility index (Phi) is 17.3. The molecule has 3 aromatic heterocycles. The van der Waals surface area contributed by atoms with Crippen molar-refractivity contribution in [2.75, 3.05) is 52.5 Å². The minimum atomic E-state index is -4.38. The number of ether oxygens (including phenoxy) is 1. The van der Waals surface area contributed by atoms with E-state index in [1.807, 2.05) is 80.1 Å². The third kappa shape index (κ3) is 12.9. The predicted molar refractivity (Wildman–Crippen MR) is 314 cm³/mol. The number of likely N-dealkylation sites (tertiary alicyclic amines) is 3. The lowest BCUT2D eigenvalue weighted by Crippen LogP contribution is -2.38. The van der Waals surface area contributed by atoms with Crippen LogP contribution < -0.4 is 0 Å². The van der Waals surface area contributed by atoms with E-state index in [4.69, 9.17) is 4.74 Å². The van der Waals surface area contributed by atoms with Gasteiger partial charge in [0.15, 0.2) is 17.1 Å². The fraction of sp³-hybridized carbons (Fsp3) is 0.364. The van der Waals surface area contributed by atoms with Crippen LogP contribution in [0.15, 0.2) is 127 Å². The van der Waals surface area contributed by atoms with Gasteiger partial charge < -0.3 is 19.4 Å². The van der Waals surface area contributed by atoms with Gasteiger partial charge in [-0.05, 0) is 148 Å². The highest BCUT2D eigenvalue weighted by Gasteiger charge is 2.40. The van der Waals surface area contributed by atoms with Gasteiger partial charge in [0, 0.05) is 55.4 Å². The minimum Gasteiger partial charge on any atom is -0.377 e. The van der Waals surface area contributed by atoms with Crippen LogP contribution in [0.5, 0.6) is 0 Å². The summed E-state index contributed by atoms with van der Waals surface area (Å²) < 4.78 is 127. The summed E-state index contributed by atoms with van der Waals surface area (Å²) in [5.74, 6) is -1.17. The molecule has 4 saturated heterocycles. The average molecular weight is 1220 g/mol. The lowest BCUT2D eigenvalue weighted by atomic mass is 9.86. The zero-order valence-electron chi connectivity index (χ0n) is 48.5. The number of aromatic amines is 2. The molecule has 0 spiro atoms. The van der Waals surface area contributed by atoms with E-state index in [1.165, 1.54) is 18.2 Å². The number of hydrogen-bond acceptors (Lipinski definition) is 7. The first-order chi connectivity index (χ1) is 42.0. The van der Waals surface area contributed by atoms with Crippen LogP contribution in [0, 0.1) is 20.8 Å². The molecule has 0 aliphatic carbocycles. The zero-order chi connectivity index (χ0) is 62.2. The van der Waals surface area contributed by atoms with Gasteiger partial charge in [-0.25, -0.2) is 0 Å². The van der Waals surface area contributed by atoms with Gasteiger partial charge in [-0.1, -0.05) is 90.0 Å². The van der Waals surface area contributed by atoms with E-state index in [0.29, 0.717) is 125 Å². The molecular weight excluding hydrogens is 1150 g/mol. The normalized spacial score (nSPS) is 16.8. The Morgan fingerprint density at radius 1 is 0.443 bits per heavy atom. The number of piperidine rings is 3. The third-order valence-corrected chi connectivity index (χ3v) is 17.3. The lowest BCUT2D eigenvalue weighted by molar-refractivity contribution is -0.139. The van der Waals surface area contributed by atoms with Crippen molar-refractivity contribution in [1.29, 1.82) is 0 Å². The Bertz CT molecular complexity index is 4010. The van der Waals surface area contributed by atoms with Gasteiger partial charge in [0.1, 0.15) is 0 Å². The van der Waals surface area contributed by atoms with Crippen molar-refractivity contribution in [3.63, 3.8) is 0 Å². The SMILES string of the molecule is Cc1ccc2[nH]nc(C(=O)N3CCC(c4ccccc4C(F)(F)F)CC3)c2c1.Cc1ccc2c(C(=O)N3CCC(c4ccccc4C(F)(F)F)CC3)n[nH]c2c1.Cc1ccc2c(c1)c(C(=O)N1CCC(c3ccccc3C(F)(F)F)CC1)nn2C1COC1. The summed E-state index contributed by atoms with van der Waals surface area (Å²) in [5.41, 5.74) is 6.02. The molecule has 0 radical (unpaired) electrons. The second kappa shape index (κ2) is 24.9. The van der Waals surface area contributed by atoms with Gasteiger partial charge in [0.25, 0.3) is 17.7 Å². The Hall–Kier alpha value is -8.53. The molecule has 4 aliphatic rings. The van der Waals surface area contributed by atoms with Crippen molar-refractivity contribution in [2.45, 2.75) is 102 Å². The summed E-state index contributed by atoms with van der Waals surface area (Å²) in [7, 11) is 0. The van der Waals surface area contributed by atoms with E-state index in [2.05, 4.69) is 25.5 Å². The van der Waals surface area contributed by atoms with Crippen LogP contribution in [-0.2, 0) is 23.3 Å². The van der Waals surface area contributed by atoms with Crippen molar-refractivity contribution in [3.05, 3.63) is 195 Å². The summed E-state index contributed by atoms with van der Waals surface area (Å²) in [6, 6.07) is 34.8. The molecule has 9 aromatic rings. The number of nitrogens with one attached hydrogen (secondary N) is 2. The van der Waals surface area contributed by atoms with Gasteiger partial charge in [0.2, 0.25) is 0 Å². The van der Waals surface area contributed by atoms with Crippen molar-refractivity contribution in [3.8, 4) is 0 Å². The maximum absolute atomic E-state index is 13.4. The number of aromatic nitrogens is 6. The highest BCUT2D eigenvalue weighted by molar-refractivity contribution is 6.06. The monoisotopic (exact) mass is 1220 g/mol. The zero-order valence-corrected chi connectivity index (χ0v) is 48.5. The molecule has 3 amide bonds. The number of carbonyl (C=O) groups excluding carboxylic acids is 3. The number of rotatable bonds is 7. The predicted octanol–water partition coefficient (Wildman–Crippen LogP) is 14.8. The Morgan fingerprint density at radius 3 is 1.25 bits per heavy atom. The van der Waals surface area contributed by atoms with Crippen molar-refractivity contribution in [1.82, 2.24) is 44.9 Å². The number of carbonyl (C=O) groups is 3. The van der Waals surface area contributed by atoms with E-state index >= 15 is 0 Å². The van der Waals surface area contributed by atoms with Crippen LogP contribution in [0.2, 0.25) is 0 Å². The highest BCUT2D eigenvalue weighted by atomic mass is 19.4. The van der Waals surface area contributed by atoms with Gasteiger partial charge >= 0.3 is 18.5 Å². The van der Waals surface area contributed by atoms with E-state index in [9.17, 15) is 53.9 Å². The fourth-order valence-corrected chi connectivity index (χ4v) is 12.6. The molecular formula is C66H64F9N9O4. The van der Waals surface area contributed by atoms with Crippen LogP contribution in [0.1, 0.15) is 144 Å². The summed E-state index contributed by atoms with van der Waals surface area (Å²) >= 11 is 0. The molecule has 6 aromatic carbocycles. The van der Waals surface area contributed by atoms with Crippen molar-refractivity contribution < 1.29 is 58.6 Å². The van der Waals surface area contributed by atoms with E-state index in [0.717, 1.165) is 67.6 Å². The molecule has 2 N–H and O–H groups in total.